The summed E-state index contributed by atoms with van der Waals surface area (Å²) in [5.74, 6) is -5.15. The van der Waals surface area contributed by atoms with Crippen molar-refractivity contribution >= 4 is 53.7 Å². The van der Waals surface area contributed by atoms with Gasteiger partial charge in [-0.1, -0.05) is 214 Å². The van der Waals surface area contributed by atoms with Crippen LogP contribution in [0.15, 0.2) is 18.2 Å². The number of ether oxygens (including phenoxy) is 9. The predicted molar refractivity (Wildman–Crippen MR) is 556 cm³/mol. The molecule has 27 nitrogen and oxygen atoms in total. The summed E-state index contributed by atoms with van der Waals surface area (Å²) < 4.78 is 56.1. The Hall–Kier alpha value is -5.91. The smallest absolute Gasteiger partial charge is 0.338 e. The van der Waals surface area contributed by atoms with Crippen LogP contribution in [0.5, 0.6) is 0 Å². The third-order valence-electron chi connectivity index (χ3n) is 30.5. The van der Waals surface area contributed by atoms with Crippen molar-refractivity contribution in [2.75, 3.05) is 19.8 Å². The van der Waals surface area contributed by atoms with Crippen LogP contribution in [-0.4, -0.2) is 207 Å². The number of esters is 9. The van der Waals surface area contributed by atoms with Crippen LogP contribution in [0.25, 0.3) is 0 Å². The molecule has 0 bridgehead atoms. The molecule has 6 rings (SSSR count). The molecule has 1 aromatic carbocycles. The van der Waals surface area contributed by atoms with Crippen molar-refractivity contribution in [1.29, 1.82) is 0 Å². The van der Waals surface area contributed by atoms with Gasteiger partial charge in [-0.15, -0.1) is 0 Å². The molecule has 0 radical (unpaired) electrons. The van der Waals surface area contributed by atoms with Crippen molar-refractivity contribution in [3.05, 3.63) is 34.9 Å². The largest absolute Gasteiger partial charge is 0.462 e. The van der Waals surface area contributed by atoms with Gasteiger partial charge in [0, 0.05) is 126 Å². The van der Waals surface area contributed by atoms with E-state index in [9.17, 15) is 63.9 Å². The van der Waals surface area contributed by atoms with Gasteiger partial charge in [0.2, 0.25) is 0 Å². The molecule has 142 heavy (non-hydrogen) atoms. The summed E-state index contributed by atoms with van der Waals surface area (Å²) in [4.78, 5) is 131. The van der Waals surface area contributed by atoms with E-state index >= 15 is 0 Å². The summed E-state index contributed by atoms with van der Waals surface area (Å²) >= 11 is 0. The highest BCUT2D eigenvalue weighted by Gasteiger charge is 2.58. The SMILES string of the molecule is CCCCC(CCCCCCCCCCOC(=O)c1cc(C(=O)OCCCCCCCCCCCC(CCCC)(C(=O)OC2CC(C)(C)NC(C)(C)C2)C(=O)OC2CC(C)(C)N(O)C(C)(C)C2)cc(C(=O)OCCCCCCCCCCC(CCCC)(C(=O)OC2CC(C)(C)N(O)C(C)(C)C2)C(=O)OC2CC(C)(C)N(O)C(C)(C)C2)c1)(C(=O)OC(CC(C)C)CC(C)(C)O)C(=O)OC1CC(C)(C)NC(C)(C)C1. The van der Waals surface area contributed by atoms with E-state index in [1.807, 2.05) is 96.9 Å². The Kier molecular flexibility index (Phi) is 48.4. The Morgan fingerprint density at radius 1 is 0.317 bits per heavy atom. The van der Waals surface area contributed by atoms with Crippen LogP contribution in [0.2, 0.25) is 0 Å². The molecular weight excluding hydrogens is 1800 g/mol. The fourth-order valence-corrected chi connectivity index (χ4v) is 24.2. The van der Waals surface area contributed by atoms with Crippen LogP contribution in [-0.2, 0) is 71.4 Å². The molecule has 0 aliphatic carbocycles. The Bertz CT molecular complexity index is 3930. The normalized spacial score (nSPS) is 21.0. The quantitative estimate of drug-likeness (QED) is 0.0153. The summed E-state index contributed by atoms with van der Waals surface area (Å²) in [6.45, 7) is 53.9. The summed E-state index contributed by atoms with van der Waals surface area (Å²) in [6.07, 6.45) is 28.8. The molecule has 1 aromatic rings. The highest BCUT2D eigenvalue weighted by molar-refractivity contribution is 6.03. The van der Waals surface area contributed by atoms with Gasteiger partial charge in [-0.25, -0.2) is 14.4 Å². The Morgan fingerprint density at radius 2 is 0.514 bits per heavy atom. The lowest BCUT2D eigenvalue weighted by molar-refractivity contribution is -0.263. The van der Waals surface area contributed by atoms with Crippen molar-refractivity contribution < 1.29 is 107 Å². The Labute approximate surface area is 857 Å². The van der Waals surface area contributed by atoms with Crippen molar-refractivity contribution in [3.63, 3.8) is 0 Å². The summed E-state index contributed by atoms with van der Waals surface area (Å²) in [6, 6.07) is 4.21. The predicted octanol–water partition coefficient (Wildman–Crippen LogP) is 25.3. The number of nitrogens with one attached hydrogen (secondary N) is 2. The van der Waals surface area contributed by atoms with E-state index in [2.05, 4.69) is 86.8 Å². The number of rotatable bonds is 62. The van der Waals surface area contributed by atoms with Gasteiger partial charge in [-0.05, 0) is 241 Å². The van der Waals surface area contributed by atoms with E-state index < -0.39 is 133 Å². The van der Waals surface area contributed by atoms with E-state index in [-0.39, 0.29) is 96.1 Å². The van der Waals surface area contributed by atoms with Gasteiger partial charge >= 0.3 is 53.7 Å². The standard InChI is InChI=1S/C115H201N5O22/c1-28-31-59-113(96(124)137-87(68-83(4)5)82-112(26,27)130,97(125)138-88-72-102(6,7)116-103(8,9)73-88)62-53-48-42-36-39-45-51-57-66-135-94(122)85-69-84(93(121)134-65-56-50-44-38-34-35-41-47-54-63-114(60-32-29-2,98(126)139-89-74-104(10,11)117-105(12,13)75-89)99(127)140-90-76-106(14,15)118(131)107(16,17)77-90)70-86(71-85)95(123)136-67-58-52-46-40-37-43-49-55-64-115(61-33-30-3,100(128)141-91-78-108(18,19)119(132)109(20,21)79-91)101(129)142-92-80-110(22,23)120(133)111(24,25)81-92/h69-71,83,87-92,116-117,130-133H,28-68,72-82H2,1-27H3. The number of hydrogen-bond acceptors (Lipinski definition) is 27. The number of unbranched alkanes of at least 4 members (excludes halogenated alkanes) is 25. The lowest BCUT2D eigenvalue weighted by atomic mass is 9.76. The van der Waals surface area contributed by atoms with Crippen LogP contribution >= 0.6 is 0 Å². The van der Waals surface area contributed by atoms with Crippen molar-refractivity contribution in [2.24, 2.45) is 22.2 Å². The molecule has 818 valence electrons. The van der Waals surface area contributed by atoms with E-state index in [1.54, 1.807) is 13.8 Å². The van der Waals surface area contributed by atoms with Gasteiger partial charge < -0.3 is 74.0 Å². The average Bonchev–Trinajstić information content (AvgIpc) is 0.737. The van der Waals surface area contributed by atoms with E-state index in [0.717, 1.165) is 141 Å². The first-order valence-corrected chi connectivity index (χ1v) is 55.7. The average molecular weight is 2010 g/mol. The monoisotopic (exact) mass is 2000 g/mol. The number of aliphatic hydroxyl groups is 1. The molecular formula is C115H201N5O22. The zero-order valence-corrected chi connectivity index (χ0v) is 94.0. The number of carbonyl (C=O) groups is 9. The molecule has 5 aliphatic rings. The molecule has 3 unspecified atom stereocenters. The summed E-state index contributed by atoms with van der Waals surface area (Å²) in [7, 11) is 0. The number of piperidine rings is 5. The van der Waals surface area contributed by atoms with Crippen LogP contribution in [0.4, 0.5) is 0 Å². The molecule has 3 atom stereocenters. The Balaban J connectivity index is 1.05. The third-order valence-corrected chi connectivity index (χ3v) is 30.5. The lowest BCUT2D eigenvalue weighted by Gasteiger charge is -2.51. The molecule has 5 fully saturated rings. The number of nitrogens with zero attached hydrogens (tertiary/aromatic N) is 3. The molecule has 0 spiro atoms. The number of carbonyl (C=O) groups excluding carboxylic acids is 9. The Morgan fingerprint density at radius 3 is 0.725 bits per heavy atom. The molecule has 5 heterocycles. The molecule has 27 heteroatoms. The van der Waals surface area contributed by atoms with Gasteiger partial charge in [0.25, 0.3) is 0 Å². The van der Waals surface area contributed by atoms with Crippen LogP contribution in [0.1, 0.15) is 533 Å². The van der Waals surface area contributed by atoms with Crippen molar-refractivity contribution in [3.8, 4) is 0 Å². The molecule has 0 aromatic heterocycles. The van der Waals surface area contributed by atoms with Gasteiger partial charge in [-0.2, -0.15) is 15.2 Å². The first-order valence-electron chi connectivity index (χ1n) is 55.7. The van der Waals surface area contributed by atoms with Gasteiger partial charge in [0.1, 0.15) is 36.6 Å². The van der Waals surface area contributed by atoms with Crippen molar-refractivity contribution in [2.45, 2.75) is 599 Å². The fourth-order valence-electron chi connectivity index (χ4n) is 24.2. The minimum Gasteiger partial charge on any atom is -0.462 e. The molecule has 5 saturated heterocycles. The van der Waals surface area contributed by atoms with Gasteiger partial charge in [-0.3, -0.25) is 28.8 Å². The van der Waals surface area contributed by atoms with Gasteiger partial charge in [0.05, 0.1) is 42.1 Å². The molecule has 5 aliphatic heterocycles. The molecule has 0 amide bonds. The number of hydroxylamine groups is 6. The minimum atomic E-state index is -1.55. The van der Waals surface area contributed by atoms with Crippen LogP contribution < -0.4 is 10.6 Å². The molecule has 0 saturated carbocycles. The maximum absolute atomic E-state index is 14.9. The fraction of sp³-hybridized carbons (Fsp3) is 0.870. The lowest BCUT2D eigenvalue weighted by Crippen LogP contribution is -2.61. The highest BCUT2D eigenvalue weighted by atomic mass is 16.6. The van der Waals surface area contributed by atoms with Crippen molar-refractivity contribution in [1.82, 2.24) is 25.8 Å². The second-order valence-electron chi connectivity index (χ2n) is 51.3. The maximum Gasteiger partial charge on any atom is 0.338 e. The van der Waals surface area contributed by atoms with E-state index in [0.29, 0.717) is 154 Å². The minimum absolute atomic E-state index is 0.0154. The van der Waals surface area contributed by atoms with E-state index in [4.69, 9.17) is 42.6 Å². The first-order chi connectivity index (χ1) is 66.0. The third kappa shape index (κ3) is 39.2. The second kappa shape index (κ2) is 55.0. The van der Waals surface area contributed by atoms with Crippen LogP contribution in [0, 0.1) is 22.2 Å². The zero-order chi connectivity index (χ0) is 106. The topological polar surface area (TPSA) is 351 Å². The highest BCUT2D eigenvalue weighted by Crippen LogP contribution is 2.48. The summed E-state index contributed by atoms with van der Waals surface area (Å²) in [5, 5.41) is 55.7. The first kappa shape index (κ1) is 125. The number of benzene rings is 1. The maximum atomic E-state index is 14.9. The summed E-state index contributed by atoms with van der Waals surface area (Å²) in [5.41, 5.74) is -10.8. The van der Waals surface area contributed by atoms with Crippen LogP contribution in [0.3, 0.4) is 0 Å². The van der Waals surface area contributed by atoms with E-state index in [1.165, 1.54) is 33.4 Å². The zero-order valence-electron chi connectivity index (χ0n) is 94.0. The molecule has 6 N–H and O–H groups in total. The van der Waals surface area contributed by atoms with Gasteiger partial charge in [0.15, 0.2) is 16.2 Å². The number of hydrogen-bond donors (Lipinski definition) is 6. The second-order valence-corrected chi connectivity index (χ2v) is 51.3.